The fourth-order valence-corrected chi connectivity index (χ4v) is 4.92. The van der Waals surface area contributed by atoms with Crippen molar-refractivity contribution in [2.24, 2.45) is 19.1 Å². The number of H-pyrrole nitrogens is 1. The van der Waals surface area contributed by atoms with Crippen LogP contribution in [-0.2, 0) is 20.5 Å². The third-order valence-electron chi connectivity index (χ3n) is 6.59. The highest BCUT2D eigenvalue weighted by Gasteiger charge is 2.18. The van der Waals surface area contributed by atoms with Gasteiger partial charge in [-0.3, -0.25) is 23.9 Å². The third-order valence-corrected chi connectivity index (χ3v) is 7.08. The van der Waals surface area contributed by atoms with Crippen molar-refractivity contribution < 1.29 is 5.11 Å². The Labute approximate surface area is 221 Å². The number of nitrogens with one attached hydrogen (secondary N) is 1. The highest BCUT2D eigenvalue weighted by atomic mass is 79.9. The Balaban J connectivity index is 1.94. The van der Waals surface area contributed by atoms with Crippen molar-refractivity contribution in [3.63, 3.8) is 0 Å². The minimum Gasteiger partial charge on any atom is -0.493 e. The molecular formula is C26H29BrN6O4. The molecule has 2 heterocycles. The fraction of sp³-hybridized carbons (Fsp3) is 0.308. The SMILES string of the molecule is CCc1cc(Br)ccc1-n1c(O)c(C=Nc2cc3c(cc2N(CC)CC)n(C)c(=O)n3C)c(=O)[nH]c1=O. The first-order chi connectivity index (χ1) is 17.6. The molecule has 4 aromatic rings. The van der Waals surface area contributed by atoms with Gasteiger partial charge in [-0.15, -0.1) is 0 Å². The standard InChI is InChI=1S/C26H29BrN6O4/c1-6-15-11-16(27)9-10-19(15)33-24(35)17(23(34)29-25(33)36)14-28-18-12-21-22(31(5)26(37)30(21)4)13-20(18)32(7-2)8-3/h9-14,35H,6-8H2,1-5H3,(H,29,34,36). The zero-order valence-electron chi connectivity index (χ0n) is 21.4. The summed E-state index contributed by atoms with van der Waals surface area (Å²) in [6.07, 6.45) is 1.86. The van der Waals surface area contributed by atoms with Crippen molar-refractivity contribution in [1.82, 2.24) is 18.7 Å². The molecule has 0 aliphatic rings. The highest BCUT2D eigenvalue weighted by molar-refractivity contribution is 9.10. The molecule has 0 amide bonds. The quantitative estimate of drug-likeness (QED) is 0.331. The van der Waals surface area contributed by atoms with Crippen molar-refractivity contribution in [3.8, 4) is 11.6 Å². The number of imidazole rings is 1. The molecule has 0 fully saturated rings. The lowest BCUT2D eigenvalue weighted by molar-refractivity contribution is 0.429. The number of benzene rings is 2. The van der Waals surface area contributed by atoms with Crippen LogP contribution >= 0.6 is 15.9 Å². The molecule has 2 aromatic heterocycles. The van der Waals surface area contributed by atoms with E-state index in [2.05, 4.69) is 30.8 Å². The van der Waals surface area contributed by atoms with E-state index in [1.54, 1.807) is 36.9 Å². The van der Waals surface area contributed by atoms with Gasteiger partial charge in [0.2, 0.25) is 5.88 Å². The smallest absolute Gasteiger partial charge is 0.335 e. The van der Waals surface area contributed by atoms with Crippen molar-refractivity contribution in [1.29, 1.82) is 0 Å². The Morgan fingerprint density at radius 1 is 1.03 bits per heavy atom. The number of aromatic nitrogens is 4. The van der Waals surface area contributed by atoms with Gasteiger partial charge in [0.05, 0.1) is 28.1 Å². The van der Waals surface area contributed by atoms with Crippen LogP contribution in [0.1, 0.15) is 31.9 Å². The Hall–Kier alpha value is -3.86. The van der Waals surface area contributed by atoms with Gasteiger partial charge in [-0.2, -0.15) is 0 Å². The topological polar surface area (TPSA) is 118 Å². The van der Waals surface area contributed by atoms with Gasteiger partial charge in [-0.05, 0) is 56.2 Å². The minimum absolute atomic E-state index is 0.155. The highest BCUT2D eigenvalue weighted by Crippen LogP contribution is 2.33. The summed E-state index contributed by atoms with van der Waals surface area (Å²) in [5.41, 5.74) is 2.18. The van der Waals surface area contributed by atoms with E-state index >= 15 is 0 Å². The first-order valence-corrected chi connectivity index (χ1v) is 12.8. The predicted molar refractivity (Wildman–Crippen MR) is 150 cm³/mol. The van der Waals surface area contributed by atoms with Crippen LogP contribution in [-0.4, -0.2) is 43.1 Å². The van der Waals surface area contributed by atoms with E-state index in [-0.39, 0.29) is 11.3 Å². The van der Waals surface area contributed by atoms with Crippen molar-refractivity contribution >= 4 is 44.6 Å². The van der Waals surface area contributed by atoms with Crippen molar-refractivity contribution in [2.75, 3.05) is 18.0 Å². The van der Waals surface area contributed by atoms with E-state index in [0.29, 0.717) is 36.4 Å². The summed E-state index contributed by atoms with van der Waals surface area (Å²) in [5.74, 6) is -0.507. The maximum atomic E-state index is 12.7. The predicted octanol–water partition coefficient (Wildman–Crippen LogP) is 3.34. The number of fused-ring (bicyclic) bond motifs is 1. The van der Waals surface area contributed by atoms with E-state index < -0.39 is 17.1 Å². The van der Waals surface area contributed by atoms with E-state index in [1.807, 2.05) is 32.9 Å². The molecule has 0 aliphatic heterocycles. The Bertz CT molecular complexity index is 1710. The summed E-state index contributed by atoms with van der Waals surface area (Å²) < 4.78 is 5.02. The maximum Gasteiger partial charge on any atom is 0.335 e. The fourth-order valence-electron chi connectivity index (χ4n) is 4.51. The van der Waals surface area contributed by atoms with Crippen molar-refractivity contribution in [2.45, 2.75) is 27.2 Å². The van der Waals surface area contributed by atoms with Crippen LogP contribution in [0.5, 0.6) is 5.88 Å². The summed E-state index contributed by atoms with van der Waals surface area (Å²) in [6.45, 7) is 7.36. The molecule has 2 aromatic carbocycles. The van der Waals surface area contributed by atoms with Crippen LogP contribution in [0.3, 0.4) is 0 Å². The van der Waals surface area contributed by atoms with Crippen LogP contribution in [0.25, 0.3) is 16.7 Å². The monoisotopic (exact) mass is 568 g/mol. The van der Waals surface area contributed by atoms with Crippen LogP contribution in [0, 0.1) is 0 Å². The van der Waals surface area contributed by atoms with Crippen LogP contribution < -0.4 is 21.8 Å². The molecule has 10 nitrogen and oxygen atoms in total. The third kappa shape index (κ3) is 4.55. The van der Waals surface area contributed by atoms with E-state index in [4.69, 9.17) is 0 Å². The van der Waals surface area contributed by atoms with E-state index in [9.17, 15) is 19.5 Å². The number of aliphatic imine (C=N–C) groups is 1. The van der Waals surface area contributed by atoms with Crippen LogP contribution in [0.4, 0.5) is 11.4 Å². The number of nitrogens with zero attached hydrogens (tertiary/aromatic N) is 5. The summed E-state index contributed by atoms with van der Waals surface area (Å²) in [6, 6.07) is 9.00. The summed E-state index contributed by atoms with van der Waals surface area (Å²) >= 11 is 3.43. The van der Waals surface area contributed by atoms with Gasteiger partial charge in [-0.25, -0.2) is 14.2 Å². The lowest BCUT2D eigenvalue weighted by Crippen LogP contribution is -2.31. The molecule has 0 radical (unpaired) electrons. The molecule has 0 atom stereocenters. The molecule has 0 aliphatic carbocycles. The van der Waals surface area contributed by atoms with Gasteiger partial charge >= 0.3 is 11.4 Å². The lowest BCUT2D eigenvalue weighted by Gasteiger charge is -2.23. The largest absolute Gasteiger partial charge is 0.493 e. The maximum absolute atomic E-state index is 12.7. The van der Waals surface area contributed by atoms with Gasteiger partial charge in [-0.1, -0.05) is 22.9 Å². The van der Waals surface area contributed by atoms with Crippen LogP contribution in [0.15, 0.2) is 54.2 Å². The minimum atomic E-state index is -0.754. The second-order valence-electron chi connectivity index (χ2n) is 8.62. The number of hydrogen-bond donors (Lipinski definition) is 2. The molecule has 0 spiro atoms. The molecule has 4 rings (SSSR count). The molecule has 2 N–H and O–H groups in total. The Morgan fingerprint density at radius 2 is 1.68 bits per heavy atom. The molecule has 0 bridgehead atoms. The molecule has 194 valence electrons. The Morgan fingerprint density at radius 3 is 2.30 bits per heavy atom. The van der Waals surface area contributed by atoms with Crippen LogP contribution in [0.2, 0.25) is 0 Å². The lowest BCUT2D eigenvalue weighted by atomic mass is 10.1. The summed E-state index contributed by atoms with van der Waals surface area (Å²) in [7, 11) is 3.40. The first-order valence-electron chi connectivity index (χ1n) is 12.0. The summed E-state index contributed by atoms with van der Waals surface area (Å²) in [4.78, 5) is 46.9. The Kier molecular flexibility index (Phi) is 7.26. The second kappa shape index (κ2) is 10.3. The van der Waals surface area contributed by atoms with E-state index in [1.165, 1.54) is 10.8 Å². The molecule has 0 unspecified atom stereocenters. The second-order valence-corrected chi connectivity index (χ2v) is 9.53. The average Bonchev–Trinajstić information content (AvgIpc) is 3.08. The number of halogens is 1. The number of aromatic hydroxyl groups is 1. The first kappa shape index (κ1) is 26.2. The molecule has 0 saturated heterocycles. The molecule has 11 heteroatoms. The van der Waals surface area contributed by atoms with Gasteiger partial charge in [0, 0.05) is 37.9 Å². The van der Waals surface area contributed by atoms with Crippen molar-refractivity contribution in [3.05, 3.63) is 77.3 Å². The summed E-state index contributed by atoms with van der Waals surface area (Å²) in [5, 5.41) is 11.1. The van der Waals surface area contributed by atoms with Gasteiger partial charge in [0.1, 0.15) is 5.56 Å². The number of rotatable bonds is 7. The molecule has 0 saturated carbocycles. The number of aryl methyl sites for hydroxylation is 3. The van der Waals surface area contributed by atoms with Gasteiger partial charge in [0.25, 0.3) is 5.56 Å². The molecule has 37 heavy (non-hydrogen) atoms. The average molecular weight is 569 g/mol. The zero-order chi connectivity index (χ0) is 27.0. The van der Waals surface area contributed by atoms with Gasteiger partial charge < -0.3 is 10.0 Å². The number of hydrogen-bond acceptors (Lipinski definition) is 6. The molecular weight excluding hydrogens is 540 g/mol. The number of aromatic amines is 1. The van der Waals surface area contributed by atoms with E-state index in [0.717, 1.165) is 25.8 Å². The normalized spacial score (nSPS) is 11.6. The van der Waals surface area contributed by atoms with Gasteiger partial charge in [0.15, 0.2) is 0 Å². The number of anilines is 1. The zero-order valence-corrected chi connectivity index (χ0v) is 23.0.